The molecule has 0 aromatic heterocycles. The van der Waals surface area contributed by atoms with Crippen molar-refractivity contribution >= 4 is 22.7 Å². The highest BCUT2D eigenvalue weighted by molar-refractivity contribution is 5.67. The maximum Gasteiger partial charge on any atom is 0.269 e. The van der Waals surface area contributed by atoms with E-state index in [0.29, 0.717) is 28.6 Å². The predicted octanol–water partition coefficient (Wildman–Crippen LogP) is 2.03. The van der Waals surface area contributed by atoms with Gasteiger partial charge in [-0.3, -0.25) is 10.1 Å². The van der Waals surface area contributed by atoms with Crippen molar-refractivity contribution in [3.05, 3.63) is 57.8 Å². The number of nitrogens with zero attached hydrogens (tertiary/aromatic N) is 1. The number of non-ortho nitro benzene ring substituents is 1. The summed E-state index contributed by atoms with van der Waals surface area (Å²) in [5, 5.41) is 27.3. The van der Waals surface area contributed by atoms with E-state index in [2.05, 4.69) is 0 Å². The summed E-state index contributed by atoms with van der Waals surface area (Å²) in [7, 11) is 0. The van der Waals surface area contributed by atoms with E-state index in [0.717, 1.165) is 5.70 Å². The molecule has 178 valence electrons. The van der Waals surface area contributed by atoms with Crippen molar-refractivity contribution in [2.45, 2.75) is 20.8 Å². The first kappa shape index (κ1) is 28.3. The molecular weight excluding hydrogens is 418 g/mol. The van der Waals surface area contributed by atoms with Gasteiger partial charge in [-0.25, -0.2) is 0 Å². The molecule has 2 aromatic rings. The van der Waals surface area contributed by atoms with Crippen LogP contribution >= 0.6 is 0 Å². The number of aliphatic hydroxyl groups excluding tert-OH is 2. The van der Waals surface area contributed by atoms with Crippen LogP contribution in [0.5, 0.6) is 11.5 Å². The Balaban J connectivity index is 0.000000511. The fourth-order valence-electron chi connectivity index (χ4n) is 1.75. The van der Waals surface area contributed by atoms with E-state index in [9.17, 15) is 10.1 Å². The number of hydrogen-bond acceptors (Lipinski definition) is 10. The van der Waals surface area contributed by atoms with Gasteiger partial charge >= 0.3 is 0 Å². The Morgan fingerprint density at radius 2 is 1.28 bits per heavy atom. The van der Waals surface area contributed by atoms with E-state index >= 15 is 0 Å². The number of nitro groups is 1. The Morgan fingerprint density at radius 1 is 0.906 bits per heavy atom. The van der Waals surface area contributed by atoms with Gasteiger partial charge in [-0.15, -0.1) is 0 Å². The smallest absolute Gasteiger partial charge is 0.269 e. The summed E-state index contributed by atoms with van der Waals surface area (Å²) in [6.45, 7) is 6.01. The van der Waals surface area contributed by atoms with Gasteiger partial charge in [0.2, 0.25) is 0 Å². The standard InChI is InChI=1S/C10H16N2O4.C6H6N2O2.C5H11N/c11-7-6-10(16-4-2-14)8(12)5-9(7)15-3-1-13;7-5-1-3-6(4-2-5)8(9)10;1-4(2)5(3)6/h5-6,13-14H,1-4,11-12H2;1-4H,7H2;6H2,1-3H3. The molecule has 0 aliphatic carbocycles. The van der Waals surface area contributed by atoms with Crippen LogP contribution in [0, 0.1) is 10.1 Å². The van der Waals surface area contributed by atoms with Gasteiger partial charge in [0.05, 0.1) is 29.5 Å². The van der Waals surface area contributed by atoms with Crippen LogP contribution in [0.25, 0.3) is 0 Å². The van der Waals surface area contributed by atoms with Gasteiger partial charge < -0.3 is 42.6 Å². The molecule has 11 nitrogen and oxygen atoms in total. The zero-order chi connectivity index (χ0) is 24.7. The number of rotatable bonds is 7. The summed E-state index contributed by atoms with van der Waals surface area (Å²) in [5.74, 6) is 0.811. The van der Waals surface area contributed by atoms with E-state index in [1.54, 1.807) is 0 Å². The second kappa shape index (κ2) is 15.2. The van der Waals surface area contributed by atoms with Crippen molar-refractivity contribution in [2.24, 2.45) is 5.73 Å². The van der Waals surface area contributed by atoms with Crippen LogP contribution in [-0.4, -0.2) is 41.6 Å². The third-order valence-corrected chi connectivity index (χ3v) is 3.73. The first-order valence-electron chi connectivity index (χ1n) is 9.59. The van der Waals surface area contributed by atoms with E-state index in [-0.39, 0.29) is 32.1 Å². The Hall–Kier alpha value is -3.70. The minimum absolute atomic E-state index is 0.0641. The summed E-state index contributed by atoms with van der Waals surface area (Å²) in [6.07, 6.45) is 0. The van der Waals surface area contributed by atoms with Crippen molar-refractivity contribution in [3.8, 4) is 11.5 Å². The number of nitrogen functional groups attached to an aromatic ring is 3. The number of anilines is 3. The third kappa shape index (κ3) is 11.5. The Morgan fingerprint density at radius 3 is 1.56 bits per heavy atom. The first-order chi connectivity index (χ1) is 15.0. The summed E-state index contributed by atoms with van der Waals surface area (Å²) in [5.41, 5.74) is 25.5. The minimum atomic E-state index is -0.459. The Kier molecular flexibility index (Phi) is 13.4. The highest BCUT2D eigenvalue weighted by atomic mass is 16.6. The number of allylic oxidation sites excluding steroid dienone is 2. The zero-order valence-corrected chi connectivity index (χ0v) is 18.6. The van der Waals surface area contributed by atoms with Crippen molar-refractivity contribution in [2.75, 3.05) is 43.6 Å². The molecule has 32 heavy (non-hydrogen) atoms. The summed E-state index contributed by atoms with van der Waals surface area (Å²) < 4.78 is 10.3. The van der Waals surface area contributed by atoms with Gasteiger partial charge in [0.1, 0.15) is 24.7 Å². The topological polar surface area (TPSA) is 206 Å². The Labute approximate surface area is 187 Å². The summed E-state index contributed by atoms with van der Waals surface area (Å²) >= 11 is 0. The maximum atomic E-state index is 10.1. The van der Waals surface area contributed by atoms with Gasteiger partial charge in [-0.05, 0) is 32.9 Å². The second-order valence-corrected chi connectivity index (χ2v) is 6.60. The molecule has 2 aromatic carbocycles. The Bertz CT molecular complexity index is 820. The molecule has 0 radical (unpaired) electrons. The number of nitro benzene ring substituents is 1. The van der Waals surface area contributed by atoms with Crippen LogP contribution in [0.4, 0.5) is 22.7 Å². The fourth-order valence-corrected chi connectivity index (χ4v) is 1.75. The first-order valence-corrected chi connectivity index (χ1v) is 9.59. The van der Waals surface area contributed by atoms with Crippen LogP contribution in [0.1, 0.15) is 20.8 Å². The average molecular weight is 452 g/mol. The van der Waals surface area contributed by atoms with Gasteiger partial charge in [0, 0.05) is 35.6 Å². The molecule has 2 rings (SSSR count). The van der Waals surface area contributed by atoms with E-state index in [1.807, 2.05) is 20.8 Å². The fraction of sp³-hybridized carbons (Fsp3) is 0.333. The van der Waals surface area contributed by atoms with Crippen LogP contribution in [0.2, 0.25) is 0 Å². The van der Waals surface area contributed by atoms with Gasteiger partial charge in [-0.1, -0.05) is 5.57 Å². The zero-order valence-electron chi connectivity index (χ0n) is 18.6. The molecule has 0 spiro atoms. The molecule has 0 atom stereocenters. The maximum absolute atomic E-state index is 10.1. The summed E-state index contributed by atoms with van der Waals surface area (Å²) in [4.78, 5) is 9.62. The molecule has 0 bridgehead atoms. The lowest BCUT2D eigenvalue weighted by atomic mass is 10.2. The molecule has 0 fully saturated rings. The number of hydrogen-bond donors (Lipinski definition) is 6. The molecule has 0 saturated carbocycles. The highest BCUT2D eigenvalue weighted by Crippen LogP contribution is 2.32. The highest BCUT2D eigenvalue weighted by Gasteiger charge is 2.07. The minimum Gasteiger partial charge on any atom is -0.489 e. The largest absolute Gasteiger partial charge is 0.489 e. The van der Waals surface area contributed by atoms with Gasteiger partial charge in [0.15, 0.2) is 0 Å². The number of benzene rings is 2. The summed E-state index contributed by atoms with van der Waals surface area (Å²) in [6, 6.07) is 8.79. The number of nitrogens with two attached hydrogens (primary N) is 4. The molecule has 0 amide bonds. The lowest BCUT2D eigenvalue weighted by Crippen LogP contribution is -2.07. The quantitative estimate of drug-likeness (QED) is 0.205. The molecule has 0 unspecified atom stereocenters. The van der Waals surface area contributed by atoms with Crippen LogP contribution < -0.4 is 32.4 Å². The second-order valence-electron chi connectivity index (χ2n) is 6.60. The molecule has 0 saturated heterocycles. The molecule has 11 heteroatoms. The van der Waals surface area contributed by atoms with E-state index < -0.39 is 4.92 Å². The SMILES string of the molecule is CC(C)=C(C)N.Nc1cc(OCCO)c(N)cc1OCCO.Nc1ccc([N+](=O)[O-])cc1. The lowest BCUT2D eigenvalue weighted by molar-refractivity contribution is -0.384. The number of ether oxygens (including phenoxy) is 2. The normalized spacial score (nSPS) is 9.41. The van der Waals surface area contributed by atoms with Crippen LogP contribution in [0.15, 0.2) is 47.7 Å². The third-order valence-electron chi connectivity index (χ3n) is 3.73. The lowest BCUT2D eigenvalue weighted by Gasteiger charge is -2.12. The van der Waals surface area contributed by atoms with Crippen molar-refractivity contribution in [1.29, 1.82) is 0 Å². The average Bonchev–Trinajstić information content (AvgIpc) is 2.74. The van der Waals surface area contributed by atoms with E-state index in [4.69, 9.17) is 42.6 Å². The predicted molar refractivity (Wildman–Crippen MR) is 126 cm³/mol. The van der Waals surface area contributed by atoms with Gasteiger partial charge in [0.25, 0.3) is 5.69 Å². The monoisotopic (exact) mass is 451 g/mol. The molecular formula is C21H33N5O6. The van der Waals surface area contributed by atoms with Crippen molar-refractivity contribution < 1.29 is 24.6 Å². The molecule has 0 heterocycles. The van der Waals surface area contributed by atoms with Crippen LogP contribution in [0.3, 0.4) is 0 Å². The number of aliphatic hydroxyl groups is 2. The molecule has 10 N–H and O–H groups in total. The van der Waals surface area contributed by atoms with Gasteiger partial charge in [-0.2, -0.15) is 0 Å². The van der Waals surface area contributed by atoms with Crippen molar-refractivity contribution in [1.82, 2.24) is 0 Å². The van der Waals surface area contributed by atoms with Crippen molar-refractivity contribution in [3.63, 3.8) is 0 Å². The van der Waals surface area contributed by atoms with E-state index in [1.165, 1.54) is 42.0 Å². The van der Waals surface area contributed by atoms with Crippen LogP contribution in [-0.2, 0) is 0 Å². The molecule has 0 aliphatic rings. The molecule has 0 aliphatic heterocycles.